The lowest BCUT2D eigenvalue weighted by atomic mass is 10.2. The Labute approximate surface area is 173 Å². The maximum absolute atomic E-state index is 12.4. The second-order valence-electron chi connectivity index (χ2n) is 6.73. The molecule has 2 amide bonds. The van der Waals surface area contributed by atoms with Gasteiger partial charge in [0.2, 0.25) is 0 Å². The Balaban J connectivity index is 1.55. The van der Waals surface area contributed by atoms with Crippen LogP contribution in [0.4, 0.5) is 5.82 Å². The molecule has 152 valence electrons. The van der Waals surface area contributed by atoms with E-state index in [0.29, 0.717) is 22.9 Å². The fourth-order valence-electron chi connectivity index (χ4n) is 2.95. The predicted molar refractivity (Wildman–Crippen MR) is 111 cm³/mol. The molecule has 0 spiro atoms. The van der Waals surface area contributed by atoms with E-state index in [0.717, 1.165) is 24.4 Å². The number of benzene rings is 1. The van der Waals surface area contributed by atoms with Gasteiger partial charge >= 0.3 is 0 Å². The number of anilines is 1. The number of amides is 2. The Morgan fingerprint density at radius 2 is 1.86 bits per heavy atom. The summed E-state index contributed by atoms with van der Waals surface area (Å²) in [6.45, 7) is 5.18. The van der Waals surface area contributed by atoms with E-state index in [-0.39, 0.29) is 17.5 Å². The molecule has 0 radical (unpaired) electrons. The van der Waals surface area contributed by atoms with Crippen LogP contribution in [0.25, 0.3) is 0 Å². The Kier molecular flexibility index (Phi) is 6.33. The maximum atomic E-state index is 12.4. The van der Waals surface area contributed by atoms with Crippen molar-refractivity contribution in [3.63, 3.8) is 0 Å². The molecule has 0 aliphatic rings. The van der Waals surface area contributed by atoms with Crippen molar-refractivity contribution in [3.05, 3.63) is 64.1 Å². The Morgan fingerprint density at radius 1 is 1.10 bits per heavy atom. The minimum Gasteiger partial charge on any atom is -0.351 e. The van der Waals surface area contributed by atoms with E-state index in [2.05, 4.69) is 20.8 Å². The van der Waals surface area contributed by atoms with E-state index in [9.17, 15) is 9.59 Å². The number of carbonyl (C=O) groups is 2. The summed E-state index contributed by atoms with van der Waals surface area (Å²) in [6.07, 6.45) is 0.747. The van der Waals surface area contributed by atoms with Crippen molar-refractivity contribution in [2.75, 3.05) is 11.9 Å². The summed E-state index contributed by atoms with van der Waals surface area (Å²) >= 11 is 6.05. The summed E-state index contributed by atoms with van der Waals surface area (Å²) in [5.41, 5.74) is 2.66. The van der Waals surface area contributed by atoms with E-state index in [1.165, 1.54) is 10.7 Å². The quantitative estimate of drug-likeness (QED) is 0.581. The highest BCUT2D eigenvalue weighted by Gasteiger charge is 2.16. The summed E-state index contributed by atoms with van der Waals surface area (Å²) in [4.78, 5) is 24.8. The molecule has 0 saturated heterocycles. The van der Waals surface area contributed by atoms with Gasteiger partial charge in [0.1, 0.15) is 5.82 Å². The third-order valence-corrected chi connectivity index (χ3v) is 4.74. The molecular weight excluding hydrogens is 392 g/mol. The zero-order valence-corrected chi connectivity index (χ0v) is 17.3. The minimum absolute atomic E-state index is 0.230. The van der Waals surface area contributed by atoms with Crippen LogP contribution in [-0.4, -0.2) is 37.9 Å². The molecule has 0 aliphatic carbocycles. The number of hydrogen-bond donors (Lipinski definition) is 2. The second-order valence-corrected chi connectivity index (χ2v) is 7.14. The molecular formula is C20H23ClN6O2. The second kappa shape index (κ2) is 8.91. The van der Waals surface area contributed by atoms with Crippen molar-refractivity contribution in [1.82, 2.24) is 24.9 Å². The summed E-state index contributed by atoms with van der Waals surface area (Å²) in [7, 11) is 1.65. The van der Waals surface area contributed by atoms with Crippen molar-refractivity contribution in [3.8, 4) is 0 Å². The smallest absolute Gasteiger partial charge is 0.271 e. The molecule has 8 nitrogen and oxygen atoms in total. The van der Waals surface area contributed by atoms with Crippen LogP contribution in [-0.2, 0) is 13.6 Å². The molecule has 29 heavy (non-hydrogen) atoms. The van der Waals surface area contributed by atoms with Gasteiger partial charge < -0.3 is 10.6 Å². The number of aromatic nitrogens is 4. The van der Waals surface area contributed by atoms with Crippen LogP contribution in [0.3, 0.4) is 0 Å². The predicted octanol–water partition coefficient (Wildman–Crippen LogP) is 2.96. The van der Waals surface area contributed by atoms with Crippen molar-refractivity contribution in [2.24, 2.45) is 7.05 Å². The van der Waals surface area contributed by atoms with Gasteiger partial charge in [-0.3, -0.25) is 19.0 Å². The van der Waals surface area contributed by atoms with Crippen molar-refractivity contribution in [2.45, 2.75) is 26.8 Å². The Hall–Kier alpha value is -3.13. The number of rotatable bonds is 7. The Morgan fingerprint density at radius 3 is 2.55 bits per heavy atom. The van der Waals surface area contributed by atoms with Crippen LogP contribution in [0.15, 0.2) is 36.4 Å². The topological polar surface area (TPSA) is 93.8 Å². The van der Waals surface area contributed by atoms with Crippen LogP contribution in [0, 0.1) is 13.8 Å². The summed E-state index contributed by atoms with van der Waals surface area (Å²) < 4.78 is 3.37. The van der Waals surface area contributed by atoms with Gasteiger partial charge in [0.05, 0.1) is 16.3 Å². The first kappa shape index (κ1) is 20.6. The van der Waals surface area contributed by atoms with Gasteiger partial charge in [0, 0.05) is 31.9 Å². The molecule has 3 rings (SSSR count). The molecule has 2 aromatic heterocycles. The molecule has 9 heteroatoms. The number of nitrogens with zero attached hydrogens (tertiary/aromatic N) is 4. The molecule has 2 heterocycles. The highest BCUT2D eigenvalue weighted by atomic mass is 35.5. The number of aryl methyl sites for hydroxylation is 4. The van der Waals surface area contributed by atoms with Crippen LogP contribution in [0.1, 0.15) is 38.7 Å². The fourth-order valence-corrected chi connectivity index (χ4v) is 3.17. The fraction of sp³-hybridized carbons (Fsp3) is 0.300. The number of carbonyl (C=O) groups excluding carboxylic acids is 2. The van der Waals surface area contributed by atoms with Crippen LogP contribution in [0.5, 0.6) is 0 Å². The molecule has 3 aromatic rings. The summed E-state index contributed by atoms with van der Waals surface area (Å²) in [6, 6.07) is 10.3. The number of nitrogens with one attached hydrogen (secondary N) is 2. The summed E-state index contributed by atoms with van der Waals surface area (Å²) in [5, 5.41) is 14.5. The largest absolute Gasteiger partial charge is 0.351 e. The first-order chi connectivity index (χ1) is 13.8. The zero-order valence-electron chi connectivity index (χ0n) is 16.6. The monoisotopic (exact) mass is 414 g/mol. The minimum atomic E-state index is -0.365. The van der Waals surface area contributed by atoms with Gasteiger partial charge in [-0.25, -0.2) is 0 Å². The lowest BCUT2D eigenvalue weighted by Gasteiger charge is -2.06. The average Bonchev–Trinajstić information content (AvgIpc) is 3.20. The lowest BCUT2D eigenvalue weighted by Crippen LogP contribution is -2.26. The van der Waals surface area contributed by atoms with E-state index in [1.54, 1.807) is 31.3 Å². The van der Waals surface area contributed by atoms with Gasteiger partial charge in [0.25, 0.3) is 11.8 Å². The van der Waals surface area contributed by atoms with Gasteiger partial charge in [-0.1, -0.05) is 23.7 Å². The lowest BCUT2D eigenvalue weighted by molar-refractivity contribution is 0.0946. The number of hydrogen-bond acceptors (Lipinski definition) is 4. The Bertz CT molecular complexity index is 1040. The van der Waals surface area contributed by atoms with E-state index in [4.69, 9.17) is 11.6 Å². The molecule has 0 fully saturated rings. The normalized spacial score (nSPS) is 10.8. The van der Waals surface area contributed by atoms with Gasteiger partial charge in [-0.2, -0.15) is 10.2 Å². The van der Waals surface area contributed by atoms with Gasteiger partial charge in [-0.05, 0) is 38.5 Å². The standard InChI is InChI=1S/C20H23ClN6O2/c1-13-11-14(2)27(24-13)10-6-9-22-20(29)17-12-18(26(3)25-17)23-19(28)15-7-4-5-8-16(15)21/h4-5,7-8,11-12H,6,9-10H2,1-3H3,(H,22,29)(H,23,28). The molecule has 0 bridgehead atoms. The highest BCUT2D eigenvalue weighted by Crippen LogP contribution is 2.17. The van der Waals surface area contributed by atoms with Crippen molar-refractivity contribution >= 4 is 29.2 Å². The molecule has 1 aromatic carbocycles. The van der Waals surface area contributed by atoms with E-state index >= 15 is 0 Å². The molecule has 2 N–H and O–H groups in total. The maximum Gasteiger partial charge on any atom is 0.271 e. The first-order valence-electron chi connectivity index (χ1n) is 9.24. The zero-order chi connectivity index (χ0) is 21.0. The van der Waals surface area contributed by atoms with Crippen LogP contribution >= 0.6 is 11.6 Å². The van der Waals surface area contributed by atoms with Crippen molar-refractivity contribution < 1.29 is 9.59 Å². The van der Waals surface area contributed by atoms with E-state index < -0.39 is 0 Å². The van der Waals surface area contributed by atoms with Crippen molar-refractivity contribution in [1.29, 1.82) is 0 Å². The van der Waals surface area contributed by atoms with E-state index in [1.807, 2.05) is 24.6 Å². The average molecular weight is 415 g/mol. The molecule has 0 saturated carbocycles. The molecule has 0 atom stereocenters. The molecule has 0 unspecified atom stereocenters. The van der Waals surface area contributed by atoms with Crippen LogP contribution in [0.2, 0.25) is 5.02 Å². The van der Waals surface area contributed by atoms with Gasteiger partial charge in [0.15, 0.2) is 5.69 Å². The van der Waals surface area contributed by atoms with Gasteiger partial charge in [-0.15, -0.1) is 0 Å². The third kappa shape index (κ3) is 5.03. The highest BCUT2D eigenvalue weighted by molar-refractivity contribution is 6.34. The van der Waals surface area contributed by atoms with Crippen LogP contribution < -0.4 is 10.6 Å². The molecule has 0 aliphatic heterocycles. The summed E-state index contributed by atoms with van der Waals surface area (Å²) in [5.74, 6) is -0.259. The number of halogens is 1. The SMILES string of the molecule is Cc1cc(C)n(CCCNC(=O)c2cc(NC(=O)c3ccccc3Cl)n(C)n2)n1. The third-order valence-electron chi connectivity index (χ3n) is 4.41. The first-order valence-corrected chi connectivity index (χ1v) is 9.62.